The zero-order chi connectivity index (χ0) is 19.6. The average molecular weight is 374 g/mol. The predicted octanol–water partition coefficient (Wildman–Crippen LogP) is 3.64. The molecule has 1 aliphatic rings. The molecule has 0 spiro atoms. The van der Waals surface area contributed by atoms with Crippen molar-refractivity contribution in [3.8, 4) is 22.3 Å². The number of aliphatic hydroxyl groups is 1. The van der Waals surface area contributed by atoms with Crippen LogP contribution in [0.25, 0.3) is 22.3 Å². The summed E-state index contributed by atoms with van der Waals surface area (Å²) in [5, 5.41) is 11.0. The summed E-state index contributed by atoms with van der Waals surface area (Å²) in [5.41, 5.74) is 3.09. The van der Waals surface area contributed by atoms with Gasteiger partial charge in [-0.1, -0.05) is 60.7 Å². The molecule has 144 valence electrons. The zero-order valence-corrected chi connectivity index (χ0v) is 16.2. The van der Waals surface area contributed by atoms with Crippen LogP contribution in [0.1, 0.15) is 12.8 Å². The number of nitrogens with zero attached hydrogens (tertiary/aromatic N) is 2. The average Bonchev–Trinajstić information content (AvgIpc) is 2.73. The van der Waals surface area contributed by atoms with Crippen molar-refractivity contribution in [3.05, 3.63) is 83.3 Å². The van der Waals surface area contributed by atoms with Gasteiger partial charge in [-0.05, 0) is 36.6 Å². The van der Waals surface area contributed by atoms with E-state index in [0.29, 0.717) is 19.4 Å². The molecule has 0 radical (unpaired) electrons. The summed E-state index contributed by atoms with van der Waals surface area (Å²) in [6.45, 7) is 2.02. The lowest BCUT2D eigenvalue weighted by Gasteiger charge is -2.37. The van der Waals surface area contributed by atoms with Crippen LogP contribution in [0.3, 0.4) is 0 Å². The summed E-state index contributed by atoms with van der Waals surface area (Å²) in [7, 11) is 2.06. The Balaban J connectivity index is 1.78. The molecule has 1 aliphatic heterocycles. The molecule has 0 bridgehead atoms. The number of likely N-dealkylation sites (tertiary alicyclic amines) is 1. The second-order valence-corrected chi connectivity index (χ2v) is 7.83. The summed E-state index contributed by atoms with van der Waals surface area (Å²) in [5.74, 6) is 0. The summed E-state index contributed by atoms with van der Waals surface area (Å²) in [4.78, 5) is 15.1. The lowest BCUT2D eigenvalue weighted by atomic mass is 9.91. The summed E-state index contributed by atoms with van der Waals surface area (Å²) in [6, 6.07) is 21.8. The van der Waals surface area contributed by atoms with Crippen LogP contribution in [0.15, 0.2) is 77.7 Å². The Hall–Kier alpha value is -2.69. The molecule has 2 heterocycles. The minimum Gasteiger partial charge on any atom is -0.388 e. The van der Waals surface area contributed by atoms with Gasteiger partial charge in [0.1, 0.15) is 0 Å². The molecule has 1 saturated heterocycles. The largest absolute Gasteiger partial charge is 0.388 e. The summed E-state index contributed by atoms with van der Waals surface area (Å²) in [6.07, 6.45) is 3.27. The van der Waals surface area contributed by atoms with Crippen LogP contribution < -0.4 is 5.56 Å². The number of benzene rings is 2. The van der Waals surface area contributed by atoms with Crippen molar-refractivity contribution < 1.29 is 5.11 Å². The van der Waals surface area contributed by atoms with Crippen molar-refractivity contribution in [2.75, 3.05) is 20.1 Å². The monoisotopic (exact) mass is 374 g/mol. The fourth-order valence-electron chi connectivity index (χ4n) is 3.91. The van der Waals surface area contributed by atoms with Gasteiger partial charge in [-0.15, -0.1) is 0 Å². The number of hydrogen-bond donors (Lipinski definition) is 1. The third-order valence-corrected chi connectivity index (χ3v) is 5.68. The minimum atomic E-state index is -0.835. The molecule has 0 saturated carbocycles. The molecule has 2 aromatic carbocycles. The number of hydrogen-bond acceptors (Lipinski definition) is 3. The molecule has 3 aromatic rings. The van der Waals surface area contributed by atoms with Crippen LogP contribution >= 0.6 is 0 Å². The topological polar surface area (TPSA) is 45.5 Å². The van der Waals surface area contributed by atoms with Gasteiger partial charge in [0.2, 0.25) is 0 Å². The highest BCUT2D eigenvalue weighted by Gasteiger charge is 2.32. The maximum atomic E-state index is 12.9. The van der Waals surface area contributed by atoms with Gasteiger partial charge in [-0.2, -0.15) is 0 Å². The third-order valence-electron chi connectivity index (χ3n) is 5.68. The van der Waals surface area contributed by atoms with E-state index < -0.39 is 5.60 Å². The minimum absolute atomic E-state index is 0.0779. The Kier molecular flexibility index (Phi) is 5.16. The van der Waals surface area contributed by atoms with Gasteiger partial charge < -0.3 is 14.6 Å². The van der Waals surface area contributed by atoms with Gasteiger partial charge in [0.05, 0.1) is 12.1 Å². The van der Waals surface area contributed by atoms with Crippen molar-refractivity contribution in [2.24, 2.45) is 0 Å². The molecule has 1 N–H and O–H groups in total. The van der Waals surface area contributed by atoms with E-state index >= 15 is 0 Å². The fourth-order valence-corrected chi connectivity index (χ4v) is 3.91. The standard InChI is InChI=1S/C24H26N2O2/c1-25-14-12-24(28,13-15-25)18-26-17-22(20-10-6-3-7-11-20)21(16-23(26)27)19-8-4-2-5-9-19/h2-11,16-17,28H,12-15,18H2,1H3. The molecule has 0 unspecified atom stereocenters. The van der Waals surface area contributed by atoms with E-state index in [9.17, 15) is 9.90 Å². The third kappa shape index (κ3) is 3.93. The molecular weight excluding hydrogens is 348 g/mol. The van der Waals surface area contributed by atoms with Crippen molar-refractivity contribution in [1.82, 2.24) is 9.47 Å². The van der Waals surface area contributed by atoms with Gasteiger partial charge in [0.15, 0.2) is 0 Å². The van der Waals surface area contributed by atoms with Gasteiger partial charge in [-0.3, -0.25) is 4.79 Å². The Morgan fingerprint density at radius 1 is 0.893 bits per heavy atom. The number of pyridine rings is 1. The van der Waals surface area contributed by atoms with E-state index in [4.69, 9.17) is 0 Å². The first kappa shape index (κ1) is 18.7. The van der Waals surface area contributed by atoms with Gasteiger partial charge in [0.25, 0.3) is 5.56 Å². The Bertz CT molecular complexity index is 988. The molecule has 1 aromatic heterocycles. The molecular formula is C24H26N2O2. The fraction of sp³-hybridized carbons (Fsp3) is 0.292. The molecule has 0 atom stereocenters. The zero-order valence-electron chi connectivity index (χ0n) is 16.2. The Morgan fingerprint density at radius 2 is 1.43 bits per heavy atom. The number of rotatable bonds is 4. The maximum absolute atomic E-state index is 12.9. The summed E-state index contributed by atoms with van der Waals surface area (Å²) >= 11 is 0. The predicted molar refractivity (Wildman–Crippen MR) is 113 cm³/mol. The van der Waals surface area contributed by atoms with Gasteiger partial charge in [0, 0.05) is 30.9 Å². The van der Waals surface area contributed by atoms with Crippen molar-refractivity contribution in [3.63, 3.8) is 0 Å². The summed E-state index contributed by atoms with van der Waals surface area (Å²) < 4.78 is 1.68. The Labute approximate surface area is 165 Å². The van der Waals surface area contributed by atoms with Crippen molar-refractivity contribution in [2.45, 2.75) is 25.0 Å². The maximum Gasteiger partial charge on any atom is 0.251 e. The van der Waals surface area contributed by atoms with Crippen LogP contribution in [0.4, 0.5) is 0 Å². The van der Waals surface area contributed by atoms with Crippen LogP contribution in [-0.2, 0) is 6.54 Å². The van der Waals surface area contributed by atoms with Crippen LogP contribution in [0.5, 0.6) is 0 Å². The van der Waals surface area contributed by atoms with Crippen LogP contribution in [0.2, 0.25) is 0 Å². The molecule has 0 amide bonds. The molecule has 4 heteroatoms. The molecule has 4 rings (SSSR count). The first-order valence-corrected chi connectivity index (χ1v) is 9.80. The molecule has 28 heavy (non-hydrogen) atoms. The second kappa shape index (κ2) is 7.74. The SMILES string of the molecule is CN1CCC(O)(Cn2cc(-c3ccccc3)c(-c3ccccc3)cc2=O)CC1. The first-order chi connectivity index (χ1) is 13.5. The van der Waals surface area contributed by atoms with E-state index in [1.54, 1.807) is 10.6 Å². The van der Waals surface area contributed by atoms with Crippen LogP contribution in [-0.4, -0.2) is 40.3 Å². The molecule has 1 fully saturated rings. The van der Waals surface area contributed by atoms with E-state index in [1.165, 1.54) is 0 Å². The lowest BCUT2D eigenvalue weighted by molar-refractivity contribution is -0.0297. The van der Waals surface area contributed by atoms with Crippen molar-refractivity contribution >= 4 is 0 Å². The van der Waals surface area contributed by atoms with E-state index in [-0.39, 0.29) is 5.56 Å². The molecule has 4 nitrogen and oxygen atoms in total. The first-order valence-electron chi connectivity index (χ1n) is 9.80. The van der Waals surface area contributed by atoms with Crippen molar-refractivity contribution in [1.29, 1.82) is 0 Å². The number of piperidine rings is 1. The normalized spacial score (nSPS) is 16.8. The lowest BCUT2D eigenvalue weighted by Crippen LogP contribution is -2.46. The highest BCUT2D eigenvalue weighted by molar-refractivity contribution is 5.82. The number of aromatic nitrogens is 1. The van der Waals surface area contributed by atoms with E-state index in [2.05, 4.69) is 24.1 Å². The Morgan fingerprint density at radius 3 is 2.00 bits per heavy atom. The highest BCUT2D eigenvalue weighted by atomic mass is 16.3. The smallest absolute Gasteiger partial charge is 0.251 e. The van der Waals surface area contributed by atoms with E-state index in [0.717, 1.165) is 35.3 Å². The highest BCUT2D eigenvalue weighted by Crippen LogP contribution is 2.31. The quantitative estimate of drug-likeness (QED) is 0.758. The van der Waals surface area contributed by atoms with E-state index in [1.807, 2.05) is 54.7 Å². The van der Waals surface area contributed by atoms with Gasteiger partial charge in [-0.25, -0.2) is 0 Å². The molecule has 0 aliphatic carbocycles. The van der Waals surface area contributed by atoms with Crippen LogP contribution in [0, 0.1) is 0 Å². The second-order valence-electron chi connectivity index (χ2n) is 7.83. The van der Waals surface area contributed by atoms with Gasteiger partial charge >= 0.3 is 0 Å².